The Morgan fingerprint density at radius 3 is 2.32 bits per heavy atom. The number of benzene rings is 2. The van der Waals surface area contributed by atoms with Gasteiger partial charge in [0.15, 0.2) is 0 Å². The molecule has 0 aliphatic rings. The quantitative estimate of drug-likeness (QED) is 0.329. The van der Waals surface area contributed by atoms with Gasteiger partial charge in [0.1, 0.15) is 0 Å². The average Bonchev–Trinajstić information content (AvgIpc) is 2.65. The molecule has 0 heterocycles. The number of aliphatic hydroxyl groups excluding tert-OH is 2. The number of hydrogen-bond donors (Lipinski definition) is 4. The number of hydrogen-bond acceptors (Lipinski definition) is 7. The summed E-state index contributed by atoms with van der Waals surface area (Å²) in [5, 5.41) is 39.6. The summed E-state index contributed by atoms with van der Waals surface area (Å²) in [5.74, 6) is -1.34. The minimum absolute atomic E-state index is 0.148. The third kappa shape index (κ3) is 4.91. The highest BCUT2D eigenvalue weighted by Crippen LogP contribution is 2.24. The van der Waals surface area contributed by atoms with Crippen LogP contribution in [-0.4, -0.2) is 47.3 Å². The predicted molar refractivity (Wildman–Crippen MR) is 100 cm³/mol. The summed E-state index contributed by atoms with van der Waals surface area (Å²) in [7, 11) is -4.28. The molecule has 4 N–H and O–H groups in total. The number of aromatic carboxylic acids is 1. The van der Waals surface area contributed by atoms with Gasteiger partial charge >= 0.3 is 5.97 Å². The minimum Gasteiger partial charge on any atom is -0.478 e. The van der Waals surface area contributed by atoms with E-state index in [0.29, 0.717) is 0 Å². The molecule has 0 amide bonds. The molecule has 2 aromatic rings. The molecule has 10 nitrogen and oxygen atoms in total. The van der Waals surface area contributed by atoms with Crippen molar-refractivity contribution in [2.24, 2.45) is 0 Å². The number of nitrogens with one attached hydrogen (secondary N) is 1. The fraction of sp³-hybridized carbons (Fsp3) is 0.188. The largest absolute Gasteiger partial charge is 0.478 e. The number of nitro benzene ring substituents is 1. The summed E-state index contributed by atoms with van der Waals surface area (Å²) < 4.78 is 27.4. The number of nitrogens with zero attached hydrogens (tertiary/aromatic N) is 1. The standard InChI is InChI=1S/C16H15BrN2O8S/c17-13-6-5-11(7-12(13)16(22)23)28(26,27)18-14(8-20)15(21)9-1-3-10(4-2-9)19(24)25/h1-7,14-15,18,20-21H,8H2,(H,22,23)/t14-,15+/m0/s1. The molecule has 0 saturated carbocycles. The minimum atomic E-state index is -4.28. The zero-order valence-electron chi connectivity index (χ0n) is 14.0. The van der Waals surface area contributed by atoms with Gasteiger partial charge in [0, 0.05) is 16.6 Å². The first-order valence-corrected chi connectivity index (χ1v) is 9.93. The summed E-state index contributed by atoms with van der Waals surface area (Å²) >= 11 is 3.01. The second-order valence-corrected chi connectivity index (χ2v) is 8.22. The van der Waals surface area contributed by atoms with E-state index in [-0.39, 0.29) is 26.2 Å². The van der Waals surface area contributed by atoms with E-state index in [2.05, 4.69) is 20.7 Å². The first-order chi connectivity index (χ1) is 13.1. The fourth-order valence-electron chi connectivity index (χ4n) is 2.33. The lowest BCUT2D eigenvalue weighted by molar-refractivity contribution is -0.384. The molecule has 0 spiro atoms. The highest BCUT2D eigenvalue weighted by Gasteiger charge is 2.27. The highest BCUT2D eigenvalue weighted by atomic mass is 79.9. The Hall–Kier alpha value is -2.38. The lowest BCUT2D eigenvalue weighted by Crippen LogP contribution is -2.41. The summed E-state index contributed by atoms with van der Waals surface area (Å²) in [6.07, 6.45) is -1.50. The molecule has 0 unspecified atom stereocenters. The third-order valence-electron chi connectivity index (χ3n) is 3.81. The lowest BCUT2D eigenvalue weighted by Gasteiger charge is -2.22. The zero-order chi connectivity index (χ0) is 21.1. The van der Waals surface area contributed by atoms with Crippen molar-refractivity contribution in [1.29, 1.82) is 0 Å². The Morgan fingerprint density at radius 2 is 1.82 bits per heavy atom. The first-order valence-electron chi connectivity index (χ1n) is 7.65. The van der Waals surface area contributed by atoms with Crippen LogP contribution in [0.15, 0.2) is 51.8 Å². The van der Waals surface area contributed by atoms with Gasteiger partial charge in [0.25, 0.3) is 5.69 Å². The maximum atomic E-state index is 12.5. The smallest absolute Gasteiger partial charge is 0.336 e. The first kappa shape index (κ1) is 21.9. The normalized spacial score (nSPS) is 13.7. The molecule has 0 aliphatic carbocycles. The summed E-state index contributed by atoms with van der Waals surface area (Å²) in [5.41, 5.74) is -0.345. The number of carboxylic acid groups (broad SMARTS) is 1. The number of aliphatic hydroxyl groups is 2. The number of halogens is 1. The summed E-state index contributed by atoms with van der Waals surface area (Å²) in [6.45, 7) is -0.778. The van der Waals surface area contributed by atoms with Crippen LogP contribution in [0.1, 0.15) is 22.0 Å². The predicted octanol–water partition coefficient (Wildman–Crippen LogP) is 1.43. The number of carbonyl (C=O) groups is 1. The van der Waals surface area contributed by atoms with Crippen molar-refractivity contribution in [2.45, 2.75) is 17.0 Å². The Labute approximate surface area is 167 Å². The van der Waals surface area contributed by atoms with E-state index in [9.17, 15) is 33.5 Å². The van der Waals surface area contributed by atoms with Crippen LogP contribution in [0.4, 0.5) is 5.69 Å². The van der Waals surface area contributed by atoms with Crippen molar-refractivity contribution in [3.8, 4) is 0 Å². The molecule has 150 valence electrons. The molecule has 0 fully saturated rings. The molecule has 0 aliphatic heterocycles. The van der Waals surface area contributed by atoms with Gasteiger partial charge in [-0.25, -0.2) is 17.9 Å². The molecule has 0 radical (unpaired) electrons. The van der Waals surface area contributed by atoms with E-state index >= 15 is 0 Å². The lowest BCUT2D eigenvalue weighted by atomic mass is 10.0. The van der Waals surface area contributed by atoms with Crippen LogP contribution in [0.2, 0.25) is 0 Å². The van der Waals surface area contributed by atoms with Crippen molar-refractivity contribution in [1.82, 2.24) is 4.72 Å². The van der Waals surface area contributed by atoms with Gasteiger partial charge in [-0.1, -0.05) is 0 Å². The van der Waals surface area contributed by atoms with Gasteiger partial charge in [-0.15, -0.1) is 0 Å². The Kier molecular flexibility index (Phi) is 6.85. The number of nitro groups is 1. The molecular formula is C16H15BrN2O8S. The molecule has 0 bridgehead atoms. The second kappa shape index (κ2) is 8.75. The van der Waals surface area contributed by atoms with Gasteiger partial charge in [-0.3, -0.25) is 10.1 Å². The highest BCUT2D eigenvalue weighted by molar-refractivity contribution is 9.10. The van der Waals surface area contributed by atoms with Crippen LogP contribution in [0.25, 0.3) is 0 Å². The van der Waals surface area contributed by atoms with Crippen molar-refractivity contribution >= 4 is 37.6 Å². The van der Waals surface area contributed by atoms with Crippen molar-refractivity contribution in [3.63, 3.8) is 0 Å². The van der Waals surface area contributed by atoms with Crippen LogP contribution in [0, 0.1) is 10.1 Å². The van der Waals surface area contributed by atoms with Gasteiger partial charge in [-0.2, -0.15) is 0 Å². The van der Waals surface area contributed by atoms with E-state index in [4.69, 9.17) is 5.11 Å². The summed E-state index contributed by atoms with van der Waals surface area (Å²) in [4.78, 5) is 20.9. The number of non-ortho nitro benzene ring substituents is 1. The van der Waals surface area contributed by atoms with Crippen molar-refractivity contribution in [3.05, 3.63) is 68.2 Å². The maximum absolute atomic E-state index is 12.5. The molecule has 2 rings (SSSR count). The van der Waals surface area contributed by atoms with E-state index in [0.717, 1.165) is 24.3 Å². The van der Waals surface area contributed by atoms with Gasteiger partial charge in [0.2, 0.25) is 10.0 Å². The SMILES string of the molecule is O=C(O)c1cc(S(=O)(=O)N[C@@H](CO)[C@H](O)c2ccc([N+](=O)[O-])cc2)ccc1Br. The molecule has 2 aromatic carbocycles. The maximum Gasteiger partial charge on any atom is 0.336 e. The number of rotatable bonds is 8. The fourth-order valence-corrected chi connectivity index (χ4v) is 4.00. The van der Waals surface area contributed by atoms with Crippen molar-refractivity contribution < 1.29 is 33.5 Å². The topological polar surface area (TPSA) is 167 Å². The molecule has 12 heteroatoms. The van der Waals surface area contributed by atoms with Gasteiger partial charge in [-0.05, 0) is 51.8 Å². The average molecular weight is 475 g/mol. The number of carboxylic acids is 1. The molecule has 0 aromatic heterocycles. The second-order valence-electron chi connectivity index (χ2n) is 5.65. The van der Waals surface area contributed by atoms with E-state index in [1.165, 1.54) is 18.2 Å². The Morgan fingerprint density at radius 1 is 1.21 bits per heavy atom. The van der Waals surface area contributed by atoms with E-state index in [1.54, 1.807) is 0 Å². The van der Waals surface area contributed by atoms with E-state index < -0.39 is 39.7 Å². The van der Waals surface area contributed by atoms with Crippen LogP contribution in [-0.2, 0) is 10.0 Å². The van der Waals surface area contributed by atoms with Crippen LogP contribution in [0.5, 0.6) is 0 Å². The van der Waals surface area contributed by atoms with Gasteiger partial charge < -0.3 is 15.3 Å². The molecular weight excluding hydrogens is 460 g/mol. The monoisotopic (exact) mass is 474 g/mol. The Bertz CT molecular complexity index is 994. The molecule has 28 heavy (non-hydrogen) atoms. The van der Waals surface area contributed by atoms with Crippen molar-refractivity contribution in [2.75, 3.05) is 6.61 Å². The Balaban J connectivity index is 2.28. The van der Waals surface area contributed by atoms with Crippen LogP contribution in [0.3, 0.4) is 0 Å². The number of sulfonamides is 1. The summed E-state index contributed by atoms with van der Waals surface area (Å²) in [6, 6.07) is 6.71. The van der Waals surface area contributed by atoms with Crippen LogP contribution >= 0.6 is 15.9 Å². The third-order valence-corrected chi connectivity index (χ3v) is 5.99. The molecule has 2 atom stereocenters. The van der Waals surface area contributed by atoms with Crippen LogP contribution < -0.4 is 4.72 Å². The van der Waals surface area contributed by atoms with Gasteiger partial charge in [0.05, 0.1) is 34.1 Å². The molecule has 0 saturated heterocycles. The van der Waals surface area contributed by atoms with E-state index in [1.807, 2.05) is 0 Å². The zero-order valence-corrected chi connectivity index (χ0v) is 16.4.